The molecule has 3 aromatic rings. The molecule has 0 aliphatic rings. The van der Waals surface area contributed by atoms with Crippen LogP contribution in [-0.2, 0) is 9.53 Å². The molecule has 8 nitrogen and oxygen atoms in total. The molecule has 1 amide bonds. The number of fused-ring (bicyclic) bond motifs is 1. The number of nitrogens with one attached hydrogen (secondary N) is 1. The summed E-state index contributed by atoms with van der Waals surface area (Å²) in [6.45, 7) is 1.49. The lowest BCUT2D eigenvalue weighted by Crippen LogP contribution is -2.29. The van der Waals surface area contributed by atoms with Crippen LogP contribution in [-0.4, -0.2) is 37.0 Å². The number of hydrogen-bond acceptors (Lipinski definition) is 7. The van der Waals surface area contributed by atoms with Crippen molar-refractivity contribution in [2.24, 2.45) is 0 Å². The Morgan fingerprint density at radius 3 is 2.45 bits per heavy atom. The number of nitro benzene ring substituents is 1. The Kier molecular flexibility index (Phi) is 5.79. The number of carbonyl (C=O) groups excluding carboxylic acids is 2. The third-order valence-electron chi connectivity index (χ3n) is 4.22. The molecule has 0 unspecified atom stereocenters. The highest BCUT2D eigenvalue weighted by Crippen LogP contribution is 2.29. The first kappa shape index (κ1) is 20.3. The molecule has 3 rings (SSSR count). The lowest BCUT2D eigenvalue weighted by molar-refractivity contribution is -0.384. The van der Waals surface area contributed by atoms with Gasteiger partial charge in [0.1, 0.15) is 4.88 Å². The highest BCUT2D eigenvalue weighted by Gasteiger charge is 2.21. The van der Waals surface area contributed by atoms with Crippen LogP contribution in [0.25, 0.3) is 10.1 Å². The molecule has 1 heterocycles. The standard InChI is InChI=1S/C20H19N3O5S/c1-12(19(24)21-14-4-6-15(7-5-14)22(2)3)28-20(25)18-11-13-10-16(23(26)27)8-9-17(13)29-18/h4-12H,1-3H3,(H,21,24)/t12-/m1/s1. The van der Waals surface area contributed by atoms with E-state index in [0.29, 0.717) is 11.1 Å². The van der Waals surface area contributed by atoms with Gasteiger partial charge in [-0.25, -0.2) is 4.79 Å². The molecule has 0 bridgehead atoms. The molecule has 2 aromatic carbocycles. The van der Waals surface area contributed by atoms with Crippen LogP contribution in [0.4, 0.5) is 17.1 Å². The van der Waals surface area contributed by atoms with Gasteiger partial charge in [-0.15, -0.1) is 11.3 Å². The number of non-ortho nitro benzene ring substituents is 1. The van der Waals surface area contributed by atoms with Crippen LogP contribution in [0.2, 0.25) is 0 Å². The van der Waals surface area contributed by atoms with E-state index in [9.17, 15) is 19.7 Å². The molecule has 1 N–H and O–H groups in total. The van der Waals surface area contributed by atoms with E-state index in [4.69, 9.17) is 4.74 Å². The Morgan fingerprint density at radius 2 is 1.83 bits per heavy atom. The number of nitro groups is 1. The summed E-state index contributed by atoms with van der Waals surface area (Å²) in [5.41, 5.74) is 1.54. The zero-order valence-corrected chi connectivity index (χ0v) is 16.9. The Morgan fingerprint density at radius 1 is 1.14 bits per heavy atom. The first-order valence-electron chi connectivity index (χ1n) is 8.72. The van der Waals surface area contributed by atoms with Gasteiger partial charge in [0, 0.05) is 47.7 Å². The molecule has 0 fully saturated rings. The summed E-state index contributed by atoms with van der Waals surface area (Å²) in [6.07, 6.45) is -1.00. The monoisotopic (exact) mass is 413 g/mol. The van der Waals surface area contributed by atoms with Crippen molar-refractivity contribution in [2.45, 2.75) is 13.0 Å². The summed E-state index contributed by atoms with van der Waals surface area (Å²) in [4.78, 5) is 37.3. The molecule has 1 atom stereocenters. The van der Waals surface area contributed by atoms with Crippen molar-refractivity contribution < 1.29 is 19.2 Å². The van der Waals surface area contributed by atoms with Gasteiger partial charge in [-0.2, -0.15) is 0 Å². The summed E-state index contributed by atoms with van der Waals surface area (Å²) in [5, 5.41) is 14.2. The first-order chi connectivity index (χ1) is 13.7. The average Bonchev–Trinajstić information content (AvgIpc) is 3.11. The number of anilines is 2. The van der Waals surface area contributed by atoms with Gasteiger partial charge >= 0.3 is 5.97 Å². The number of benzene rings is 2. The van der Waals surface area contributed by atoms with Crippen LogP contribution < -0.4 is 10.2 Å². The summed E-state index contributed by atoms with van der Waals surface area (Å²) >= 11 is 1.15. The maximum atomic E-state index is 12.4. The van der Waals surface area contributed by atoms with Crippen molar-refractivity contribution in [2.75, 3.05) is 24.3 Å². The minimum atomic E-state index is -1.00. The molecule has 0 saturated heterocycles. The lowest BCUT2D eigenvalue weighted by atomic mass is 10.2. The van der Waals surface area contributed by atoms with Gasteiger partial charge in [-0.1, -0.05) is 0 Å². The van der Waals surface area contributed by atoms with Crippen LogP contribution in [0.5, 0.6) is 0 Å². The number of ether oxygens (including phenoxy) is 1. The fraction of sp³-hybridized carbons (Fsp3) is 0.200. The minimum Gasteiger partial charge on any atom is -0.448 e. The molecular formula is C20H19N3O5S. The average molecular weight is 413 g/mol. The topological polar surface area (TPSA) is 102 Å². The number of rotatable bonds is 6. The number of amides is 1. The van der Waals surface area contributed by atoms with Gasteiger partial charge in [-0.3, -0.25) is 14.9 Å². The second-order valence-corrected chi connectivity index (χ2v) is 7.65. The smallest absolute Gasteiger partial charge is 0.349 e. The van der Waals surface area contributed by atoms with Gasteiger partial charge in [-0.05, 0) is 43.3 Å². The Balaban J connectivity index is 1.65. The van der Waals surface area contributed by atoms with Crippen molar-refractivity contribution in [3.63, 3.8) is 0 Å². The second kappa shape index (κ2) is 8.27. The maximum absolute atomic E-state index is 12.4. The van der Waals surface area contributed by atoms with Crippen LogP contribution in [0.3, 0.4) is 0 Å². The van der Waals surface area contributed by atoms with Crippen molar-refractivity contribution in [1.82, 2.24) is 0 Å². The predicted octanol–water partition coefficient (Wildman–Crippen LogP) is 4.06. The normalized spacial score (nSPS) is 11.7. The molecular weight excluding hydrogens is 394 g/mol. The van der Waals surface area contributed by atoms with Crippen LogP contribution in [0.1, 0.15) is 16.6 Å². The Bertz CT molecular complexity index is 1080. The zero-order valence-electron chi connectivity index (χ0n) is 16.0. The fourth-order valence-electron chi connectivity index (χ4n) is 2.60. The van der Waals surface area contributed by atoms with E-state index in [1.165, 1.54) is 25.1 Å². The van der Waals surface area contributed by atoms with E-state index in [-0.39, 0.29) is 10.6 Å². The highest BCUT2D eigenvalue weighted by molar-refractivity contribution is 7.20. The van der Waals surface area contributed by atoms with Gasteiger partial charge in [0.2, 0.25) is 0 Å². The van der Waals surface area contributed by atoms with E-state index in [2.05, 4.69) is 5.32 Å². The molecule has 29 heavy (non-hydrogen) atoms. The number of esters is 1. The maximum Gasteiger partial charge on any atom is 0.349 e. The van der Waals surface area contributed by atoms with Gasteiger partial charge in [0.05, 0.1) is 4.92 Å². The fourth-order valence-corrected chi connectivity index (χ4v) is 3.53. The van der Waals surface area contributed by atoms with Gasteiger partial charge in [0.25, 0.3) is 11.6 Å². The molecule has 1 aromatic heterocycles. The van der Waals surface area contributed by atoms with Gasteiger partial charge in [0.15, 0.2) is 6.10 Å². The van der Waals surface area contributed by atoms with Crippen LogP contribution in [0, 0.1) is 10.1 Å². The molecule has 0 radical (unpaired) electrons. The number of hydrogen-bond donors (Lipinski definition) is 1. The van der Waals surface area contributed by atoms with Crippen molar-refractivity contribution in [3.05, 3.63) is 63.5 Å². The van der Waals surface area contributed by atoms with E-state index in [1.807, 2.05) is 31.1 Å². The van der Waals surface area contributed by atoms with Crippen molar-refractivity contribution >= 4 is 50.4 Å². The molecule has 0 aliphatic carbocycles. The minimum absolute atomic E-state index is 0.0525. The van der Waals surface area contributed by atoms with Crippen molar-refractivity contribution in [3.8, 4) is 0 Å². The summed E-state index contributed by atoms with van der Waals surface area (Å²) < 4.78 is 5.98. The zero-order chi connectivity index (χ0) is 21.1. The first-order valence-corrected chi connectivity index (χ1v) is 9.53. The highest BCUT2D eigenvalue weighted by atomic mass is 32.1. The summed E-state index contributed by atoms with van der Waals surface area (Å²) in [5.74, 6) is -1.10. The van der Waals surface area contributed by atoms with Crippen molar-refractivity contribution in [1.29, 1.82) is 0 Å². The third kappa shape index (κ3) is 4.69. The predicted molar refractivity (Wildman–Crippen MR) is 113 cm³/mol. The van der Waals surface area contributed by atoms with E-state index in [0.717, 1.165) is 21.7 Å². The van der Waals surface area contributed by atoms with E-state index >= 15 is 0 Å². The Hall–Kier alpha value is -3.46. The molecule has 150 valence electrons. The largest absolute Gasteiger partial charge is 0.448 e. The third-order valence-corrected chi connectivity index (χ3v) is 5.31. The van der Waals surface area contributed by atoms with E-state index < -0.39 is 22.9 Å². The molecule has 0 saturated carbocycles. The second-order valence-electron chi connectivity index (χ2n) is 6.57. The lowest BCUT2D eigenvalue weighted by Gasteiger charge is -2.15. The van der Waals surface area contributed by atoms with E-state index in [1.54, 1.807) is 18.2 Å². The molecule has 9 heteroatoms. The number of carbonyl (C=O) groups is 2. The number of thiophene rings is 1. The SMILES string of the molecule is C[C@@H](OC(=O)c1cc2cc([N+](=O)[O-])ccc2s1)C(=O)Nc1ccc(N(C)C)cc1. The summed E-state index contributed by atoms with van der Waals surface area (Å²) in [7, 11) is 3.84. The molecule has 0 spiro atoms. The van der Waals surface area contributed by atoms with Gasteiger partial charge < -0.3 is 15.0 Å². The van der Waals surface area contributed by atoms with Crippen LogP contribution >= 0.6 is 11.3 Å². The van der Waals surface area contributed by atoms with Crippen LogP contribution in [0.15, 0.2) is 48.5 Å². The molecule has 0 aliphatic heterocycles. The number of nitrogens with zero attached hydrogens (tertiary/aromatic N) is 2. The quantitative estimate of drug-likeness (QED) is 0.371. The summed E-state index contributed by atoms with van der Waals surface area (Å²) in [6, 6.07) is 13.1. The Labute approximate surface area is 170 Å².